The molecular formula is C22H19FN4O2. The van der Waals surface area contributed by atoms with Crippen molar-refractivity contribution in [3.63, 3.8) is 0 Å². The first-order valence-corrected chi connectivity index (χ1v) is 9.62. The predicted octanol–water partition coefficient (Wildman–Crippen LogP) is 4.15. The molecule has 5 rings (SSSR count). The van der Waals surface area contributed by atoms with Gasteiger partial charge in [-0.05, 0) is 54.8 Å². The summed E-state index contributed by atoms with van der Waals surface area (Å²) in [6, 6.07) is 13.7. The van der Waals surface area contributed by atoms with Crippen molar-refractivity contribution in [3.8, 4) is 11.1 Å². The Morgan fingerprint density at radius 1 is 1.14 bits per heavy atom. The highest BCUT2D eigenvalue weighted by atomic mass is 19.1. The molecule has 0 N–H and O–H groups in total. The minimum atomic E-state index is -0.273. The molecule has 1 aliphatic heterocycles. The molecule has 1 saturated heterocycles. The molecule has 1 aliphatic rings. The molecule has 0 saturated carbocycles. The second-order valence-electron chi connectivity index (χ2n) is 7.27. The standard InChI is InChI=1S/C22H19FN4O2/c23-18-6-1-4-15(12-18)16-8-9-20-24-21(25-27(20)14-16)17-5-2-10-26(13-17)22(28)19-7-3-11-29-19/h1,3-4,6-9,11-12,14,17H,2,5,10,13H2/t17-/m1/s1. The highest BCUT2D eigenvalue weighted by Crippen LogP contribution is 2.27. The molecule has 1 amide bonds. The van der Waals surface area contributed by atoms with Crippen molar-refractivity contribution in [3.05, 3.63) is 78.4 Å². The van der Waals surface area contributed by atoms with E-state index in [0.717, 1.165) is 35.4 Å². The Balaban J connectivity index is 1.40. The van der Waals surface area contributed by atoms with Crippen molar-refractivity contribution < 1.29 is 13.6 Å². The number of carbonyl (C=O) groups excluding carboxylic acids is 1. The van der Waals surface area contributed by atoms with E-state index in [1.54, 1.807) is 27.6 Å². The summed E-state index contributed by atoms with van der Waals surface area (Å²) in [6.45, 7) is 1.26. The Bertz CT molecular complexity index is 1170. The molecule has 146 valence electrons. The Morgan fingerprint density at radius 2 is 2.07 bits per heavy atom. The van der Waals surface area contributed by atoms with Crippen LogP contribution in [0.25, 0.3) is 16.8 Å². The molecule has 1 atom stereocenters. The number of carbonyl (C=O) groups is 1. The van der Waals surface area contributed by atoms with Gasteiger partial charge < -0.3 is 9.32 Å². The lowest BCUT2D eigenvalue weighted by Crippen LogP contribution is -2.39. The van der Waals surface area contributed by atoms with Gasteiger partial charge in [0.2, 0.25) is 0 Å². The summed E-state index contributed by atoms with van der Waals surface area (Å²) in [4.78, 5) is 19.1. The summed E-state index contributed by atoms with van der Waals surface area (Å²) >= 11 is 0. The molecule has 3 aromatic heterocycles. The van der Waals surface area contributed by atoms with E-state index in [1.807, 2.05) is 24.4 Å². The molecule has 0 aliphatic carbocycles. The maximum Gasteiger partial charge on any atom is 0.289 e. The van der Waals surface area contributed by atoms with Gasteiger partial charge in [0.25, 0.3) is 5.91 Å². The van der Waals surface area contributed by atoms with E-state index < -0.39 is 0 Å². The molecule has 0 unspecified atom stereocenters. The fourth-order valence-corrected chi connectivity index (χ4v) is 3.84. The van der Waals surface area contributed by atoms with Crippen LogP contribution in [0.4, 0.5) is 4.39 Å². The van der Waals surface area contributed by atoms with Crippen molar-refractivity contribution in [1.29, 1.82) is 0 Å². The van der Waals surface area contributed by atoms with Crippen LogP contribution >= 0.6 is 0 Å². The Hall–Kier alpha value is -3.48. The first kappa shape index (κ1) is 17.6. The van der Waals surface area contributed by atoms with Crippen LogP contribution < -0.4 is 0 Å². The van der Waals surface area contributed by atoms with E-state index in [9.17, 15) is 9.18 Å². The van der Waals surface area contributed by atoms with Gasteiger partial charge in [-0.3, -0.25) is 4.79 Å². The van der Waals surface area contributed by atoms with Gasteiger partial charge in [-0.25, -0.2) is 13.9 Å². The second kappa shape index (κ2) is 7.16. The molecule has 4 aromatic rings. The van der Waals surface area contributed by atoms with Crippen molar-refractivity contribution in [1.82, 2.24) is 19.5 Å². The molecule has 0 bridgehead atoms. The Kier molecular flexibility index (Phi) is 4.35. The first-order chi connectivity index (χ1) is 14.2. The van der Waals surface area contributed by atoms with E-state index in [1.165, 1.54) is 18.4 Å². The van der Waals surface area contributed by atoms with Gasteiger partial charge in [0, 0.05) is 30.8 Å². The monoisotopic (exact) mass is 390 g/mol. The molecular weight excluding hydrogens is 371 g/mol. The zero-order valence-electron chi connectivity index (χ0n) is 15.7. The smallest absolute Gasteiger partial charge is 0.289 e. The minimum Gasteiger partial charge on any atom is -0.459 e. The minimum absolute atomic E-state index is 0.0696. The van der Waals surface area contributed by atoms with Crippen LogP contribution in [-0.4, -0.2) is 38.5 Å². The first-order valence-electron chi connectivity index (χ1n) is 9.62. The largest absolute Gasteiger partial charge is 0.459 e. The Labute approximate surface area is 166 Å². The average Bonchev–Trinajstić information content (AvgIpc) is 3.43. The van der Waals surface area contributed by atoms with Gasteiger partial charge in [0.05, 0.1) is 6.26 Å². The van der Waals surface area contributed by atoms with Gasteiger partial charge in [-0.15, -0.1) is 0 Å². The SMILES string of the molecule is O=C(c1ccco1)N1CCC[C@@H](c2nc3ccc(-c4cccc(F)c4)cn3n2)C1. The van der Waals surface area contributed by atoms with E-state index in [0.29, 0.717) is 18.8 Å². The number of hydrogen-bond acceptors (Lipinski definition) is 4. The zero-order chi connectivity index (χ0) is 19.8. The van der Waals surface area contributed by atoms with Crippen LogP contribution in [0, 0.1) is 5.82 Å². The lowest BCUT2D eigenvalue weighted by atomic mass is 9.97. The zero-order valence-corrected chi connectivity index (χ0v) is 15.7. The highest BCUT2D eigenvalue weighted by molar-refractivity contribution is 5.91. The van der Waals surface area contributed by atoms with Gasteiger partial charge in [0.1, 0.15) is 5.82 Å². The van der Waals surface area contributed by atoms with Crippen molar-refractivity contribution in [2.45, 2.75) is 18.8 Å². The van der Waals surface area contributed by atoms with Crippen LogP contribution in [0.2, 0.25) is 0 Å². The molecule has 1 aromatic carbocycles. The molecule has 6 nitrogen and oxygen atoms in total. The second-order valence-corrected chi connectivity index (χ2v) is 7.27. The number of aromatic nitrogens is 3. The number of halogens is 1. The summed E-state index contributed by atoms with van der Waals surface area (Å²) in [7, 11) is 0. The number of rotatable bonds is 3. The van der Waals surface area contributed by atoms with E-state index in [-0.39, 0.29) is 17.6 Å². The molecule has 0 spiro atoms. The van der Waals surface area contributed by atoms with Crippen molar-refractivity contribution in [2.75, 3.05) is 13.1 Å². The summed E-state index contributed by atoms with van der Waals surface area (Å²) in [6.07, 6.45) is 5.18. The van der Waals surface area contributed by atoms with Crippen LogP contribution in [0.15, 0.2) is 65.4 Å². The number of fused-ring (bicyclic) bond motifs is 1. The number of furan rings is 1. The average molecular weight is 390 g/mol. The number of amides is 1. The Morgan fingerprint density at radius 3 is 2.90 bits per heavy atom. The summed E-state index contributed by atoms with van der Waals surface area (Å²) in [5.41, 5.74) is 2.39. The fraction of sp³-hybridized carbons (Fsp3) is 0.227. The van der Waals surface area contributed by atoms with E-state index in [4.69, 9.17) is 4.42 Å². The molecule has 1 fully saturated rings. The predicted molar refractivity (Wildman–Crippen MR) is 105 cm³/mol. The number of piperidine rings is 1. The van der Waals surface area contributed by atoms with Crippen LogP contribution in [0.3, 0.4) is 0 Å². The molecule has 4 heterocycles. The van der Waals surface area contributed by atoms with Crippen LogP contribution in [-0.2, 0) is 0 Å². The number of nitrogens with zero attached hydrogens (tertiary/aromatic N) is 4. The quantitative estimate of drug-likeness (QED) is 0.527. The summed E-state index contributed by atoms with van der Waals surface area (Å²) in [5.74, 6) is 0.772. The fourth-order valence-electron chi connectivity index (χ4n) is 3.84. The normalized spacial score (nSPS) is 17.0. The number of pyridine rings is 1. The number of benzene rings is 1. The van der Waals surface area contributed by atoms with Gasteiger partial charge >= 0.3 is 0 Å². The topological polar surface area (TPSA) is 63.6 Å². The maximum atomic E-state index is 13.5. The third-order valence-electron chi connectivity index (χ3n) is 5.31. The van der Waals surface area contributed by atoms with Gasteiger partial charge in [-0.1, -0.05) is 12.1 Å². The number of likely N-dealkylation sites (tertiary alicyclic amines) is 1. The lowest BCUT2D eigenvalue weighted by Gasteiger charge is -2.30. The van der Waals surface area contributed by atoms with Gasteiger partial charge in [-0.2, -0.15) is 5.10 Å². The third kappa shape index (κ3) is 3.40. The lowest BCUT2D eigenvalue weighted by molar-refractivity contribution is 0.0672. The summed E-state index contributed by atoms with van der Waals surface area (Å²) < 4.78 is 20.5. The van der Waals surface area contributed by atoms with Crippen molar-refractivity contribution >= 4 is 11.6 Å². The highest BCUT2D eigenvalue weighted by Gasteiger charge is 2.29. The van der Waals surface area contributed by atoms with Crippen LogP contribution in [0.5, 0.6) is 0 Å². The van der Waals surface area contributed by atoms with E-state index >= 15 is 0 Å². The van der Waals surface area contributed by atoms with Gasteiger partial charge in [0.15, 0.2) is 17.2 Å². The molecule has 29 heavy (non-hydrogen) atoms. The van der Waals surface area contributed by atoms with Crippen LogP contribution in [0.1, 0.15) is 35.1 Å². The van der Waals surface area contributed by atoms with E-state index in [2.05, 4.69) is 10.1 Å². The van der Waals surface area contributed by atoms with Crippen molar-refractivity contribution in [2.24, 2.45) is 0 Å². The summed E-state index contributed by atoms with van der Waals surface area (Å²) in [5, 5.41) is 4.65. The third-order valence-corrected chi connectivity index (χ3v) is 5.31. The molecule has 7 heteroatoms. The maximum absolute atomic E-state index is 13.5. The number of hydrogen-bond donors (Lipinski definition) is 0. The molecule has 0 radical (unpaired) electrons.